The van der Waals surface area contributed by atoms with Crippen molar-refractivity contribution < 1.29 is 9.59 Å². The lowest BCUT2D eigenvalue weighted by Crippen LogP contribution is -2.52. The lowest BCUT2D eigenvalue weighted by molar-refractivity contribution is -0.128. The van der Waals surface area contributed by atoms with E-state index in [9.17, 15) is 9.59 Å². The predicted molar refractivity (Wildman–Crippen MR) is 133 cm³/mol. The minimum Gasteiger partial charge on any atom is -0.343 e. The van der Waals surface area contributed by atoms with Gasteiger partial charge in [0, 0.05) is 5.69 Å². The average molecular weight is 442 g/mol. The number of nitrogens with zero attached hydrogens (tertiary/aromatic N) is 1. The first-order valence-corrected chi connectivity index (χ1v) is 11.5. The van der Waals surface area contributed by atoms with E-state index in [1.54, 1.807) is 14.0 Å². The van der Waals surface area contributed by atoms with E-state index in [0.717, 1.165) is 34.4 Å². The zero-order valence-electron chi connectivity index (χ0n) is 19.5. The molecule has 0 radical (unpaired) electrons. The molecule has 2 atom stereocenters. The maximum atomic E-state index is 13.7. The summed E-state index contributed by atoms with van der Waals surface area (Å²) in [5, 5.41) is 5.91. The van der Waals surface area contributed by atoms with Crippen LogP contribution in [0, 0.1) is 6.92 Å². The molecule has 5 nitrogen and oxygen atoms in total. The lowest BCUT2D eigenvalue weighted by atomic mass is 9.98. The third-order valence-electron chi connectivity index (χ3n) is 6.42. The number of aryl methyl sites for hydroxylation is 2. The van der Waals surface area contributed by atoms with E-state index in [2.05, 4.69) is 54.0 Å². The van der Waals surface area contributed by atoms with Crippen LogP contribution >= 0.6 is 0 Å². The number of benzene rings is 3. The van der Waals surface area contributed by atoms with Gasteiger partial charge in [0.2, 0.25) is 11.8 Å². The fraction of sp³-hybridized carbons (Fsp3) is 0.286. The Bertz CT molecular complexity index is 1140. The molecule has 0 fully saturated rings. The summed E-state index contributed by atoms with van der Waals surface area (Å²) >= 11 is 0. The summed E-state index contributed by atoms with van der Waals surface area (Å²) in [5.74, 6) is -0.234. The molecule has 0 saturated carbocycles. The number of hydrogen-bond acceptors (Lipinski definition) is 3. The van der Waals surface area contributed by atoms with Gasteiger partial charge in [0.15, 0.2) is 0 Å². The number of rotatable bonds is 6. The average Bonchev–Trinajstić information content (AvgIpc) is 2.97. The molecule has 1 aliphatic heterocycles. The normalized spacial score (nSPS) is 16.6. The van der Waals surface area contributed by atoms with Gasteiger partial charge in [0.1, 0.15) is 6.04 Å². The van der Waals surface area contributed by atoms with E-state index in [4.69, 9.17) is 0 Å². The number of likely N-dealkylation sites (N-methyl/N-ethyl adjacent to an activating group) is 1. The van der Waals surface area contributed by atoms with Gasteiger partial charge < -0.3 is 15.5 Å². The second kappa shape index (κ2) is 10.0. The summed E-state index contributed by atoms with van der Waals surface area (Å²) in [6.07, 6.45) is 1.32. The van der Waals surface area contributed by atoms with Crippen LogP contribution in [-0.2, 0) is 22.6 Å². The van der Waals surface area contributed by atoms with Gasteiger partial charge in [-0.15, -0.1) is 0 Å². The van der Waals surface area contributed by atoms with E-state index in [1.807, 2.05) is 41.3 Å². The second-order valence-corrected chi connectivity index (χ2v) is 8.68. The van der Waals surface area contributed by atoms with Crippen molar-refractivity contribution in [1.29, 1.82) is 0 Å². The number of hydrogen-bond donors (Lipinski definition) is 2. The fourth-order valence-corrected chi connectivity index (χ4v) is 4.32. The maximum absolute atomic E-state index is 13.7. The van der Waals surface area contributed by atoms with Crippen molar-refractivity contribution in [3.63, 3.8) is 0 Å². The predicted octanol–water partition coefficient (Wildman–Crippen LogP) is 4.23. The molecule has 0 aliphatic carbocycles. The van der Waals surface area contributed by atoms with Crippen molar-refractivity contribution in [1.82, 2.24) is 10.6 Å². The third kappa shape index (κ3) is 4.99. The number of fused-ring (bicyclic) bond motifs is 1. The van der Waals surface area contributed by atoms with Gasteiger partial charge in [-0.1, -0.05) is 60.7 Å². The molecular weight excluding hydrogens is 410 g/mol. The number of nitrogens with one attached hydrogen (secondary N) is 2. The molecule has 0 bridgehead atoms. The van der Waals surface area contributed by atoms with Crippen LogP contribution in [0.1, 0.15) is 30.0 Å². The van der Waals surface area contributed by atoms with Crippen molar-refractivity contribution in [3.8, 4) is 11.1 Å². The zero-order chi connectivity index (χ0) is 23.4. The maximum Gasteiger partial charge on any atom is 0.249 e. The highest BCUT2D eigenvalue weighted by molar-refractivity contribution is 6.00. The van der Waals surface area contributed by atoms with Crippen LogP contribution in [0.3, 0.4) is 0 Å². The Morgan fingerprint density at radius 1 is 1.06 bits per heavy atom. The van der Waals surface area contributed by atoms with Crippen LogP contribution in [0.25, 0.3) is 11.1 Å². The summed E-state index contributed by atoms with van der Waals surface area (Å²) < 4.78 is 0. The molecule has 33 heavy (non-hydrogen) atoms. The molecule has 2 amide bonds. The fourth-order valence-electron chi connectivity index (χ4n) is 4.32. The standard InChI is InChI=1S/C28H31N3O2/c1-19-13-14-21(17-24(19)22-9-5-4-6-10-22)18-31-26-12-8-7-11-23(26)15-16-25(28(31)33)30-27(32)20(2)29-3/h4-14,17,20,25,29H,15-16,18H2,1-3H3,(H,30,32)/t20-,25-/m0/s1. The first-order valence-electron chi connectivity index (χ1n) is 11.5. The highest BCUT2D eigenvalue weighted by Gasteiger charge is 2.32. The molecular formula is C28H31N3O2. The van der Waals surface area contributed by atoms with E-state index in [0.29, 0.717) is 13.0 Å². The highest BCUT2D eigenvalue weighted by Crippen LogP contribution is 2.30. The minimum atomic E-state index is -0.556. The Balaban J connectivity index is 1.67. The van der Waals surface area contributed by atoms with Crippen LogP contribution in [0.5, 0.6) is 0 Å². The number of anilines is 1. The van der Waals surface area contributed by atoms with E-state index in [-0.39, 0.29) is 17.9 Å². The van der Waals surface area contributed by atoms with Crippen molar-refractivity contribution in [2.45, 2.75) is 45.3 Å². The number of carbonyl (C=O) groups is 2. The lowest BCUT2D eigenvalue weighted by Gasteiger charge is -2.27. The SMILES string of the molecule is CN[C@@H](C)C(=O)N[C@H]1CCc2ccccc2N(Cc2ccc(C)c(-c3ccccc3)c2)C1=O. The molecule has 0 unspecified atom stereocenters. The zero-order valence-corrected chi connectivity index (χ0v) is 19.5. The van der Waals surface area contributed by atoms with Crippen molar-refractivity contribution in [3.05, 3.63) is 89.5 Å². The summed E-state index contributed by atoms with van der Waals surface area (Å²) in [4.78, 5) is 28.0. The molecule has 0 aromatic heterocycles. The van der Waals surface area contributed by atoms with Gasteiger partial charge in [0.25, 0.3) is 0 Å². The Morgan fingerprint density at radius 2 is 1.79 bits per heavy atom. The van der Waals surface area contributed by atoms with Crippen LogP contribution < -0.4 is 15.5 Å². The first kappa shape index (κ1) is 22.7. The molecule has 3 aromatic carbocycles. The molecule has 170 valence electrons. The number of carbonyl (C=O) groups excluding carboxylic acids is 2. The van der Waals surface area contributed by atoms with Gasteiger partial charge in [0.05, 0.1) is 12.6 Å². The third-order valence-corrected chi connectivity index (χ3v) is 6.42. The van der Waals surface area contributed by atoms with Gasteiger partial charge in [-0.3, -0.25) is 9.59 Å². The van der Waals surface area contributed by atoms with Crippen LogP contribution in [0.2, 0.25) is 0 Å². The van der Waals surface area contributed by atoms with Crippen LogP contribution in [0.15, 0.2) is 72.8 Å². The van der Waals surface area contributed by atoms with Crippen LogP contribution in [0.4, 0.5) is 5.69 Å². The second-order valence-electron chi connectivity index (χ2n) is 8.68. The van der Waals surface area contributed by atoms with Gasteiger partial charge in [-0.05, 0) is 73.7 Å². The van der Waals surface area contributed by atoms with Gasteiger partial charge in [-0.2, -0.15) is 0 Å². The minimum absolute atomic E-state index is 0.0709. The smallest absolute Gasteiger partial charge is 0.249 e. The molecule has 3 aromatic rings. The summed E-state index contributed by atoms with van der Waals surface area (Å²) in [5.41, 5.74) is 6.61. The highest BCUT2D eigenvalue weighted by atomic mass is 16.2. The van der Waals surface area contributed by atoms with Gasteiger partial charge in [-0.25, -0.2) is 0 Å². The first-order chi connectivity index (χ1) is 16.0. The molecule has 2 N–H and O–H groups in total. The van der Waals surface area contributed by atoms with Crippen molar-refractivity contribution in [2.75, 3.05) is 11.9 Å². The van der Waals surface area contributed by atoms with Crippen LogP contribution in [-0.4, -0.2) is 30.9 Å². The van der Waals surface area contributed by atoms with E-state index < -0.39 is 6.04 Å². The molecule has 5 heteroatoms. The van der Waals surface area contributed by atoms with Crippen molar-refractivity contribution >= 4 is 17.5 Å². The monoisotopic (exact) mass is 441 g/mol. The Hall–Kier alpha value is -3.44. The Morgan fingerprint density at radius 3 is 2.55 bits per heavy atom. The number of amides is 2. The largest absolute Gasteiger partial charge is 0.343 e. The van der Waals surface area contributed by atoms with Crippen molar-refractivity contribution in [2.24, 2.45) is 0 Å². The molecule has 1 heterocycles. The Kier molecular flexibility index (Phi) is 6.90. The number of para-hydroxylation sites is 1. The summed E-state index contributed by atoms with van der Waals surface area (Å²) in [6.45, 7) is 4.34. The topological polar surface area (TPSA) is 61.4 Å². The van der Waals surface area contributed by atoms with Gasteiger partial charge >= 0.3 is 0 Å². The quantitative estimate of drug-likeness (QED) is 0.602. The Labute approximate surface area is 195 Å². The molecule has 0 spiro atoms. The molecule has 0 saturated heterocycles. The summed E-state index contributed by atoms with van der Waals surface area (Å²) in [7, 11) is 1.74. The molecule has 1 aliphatic rings. The van der Waals surface area contributed by atoms with E-state index >= 15 is 0 Å². The molecule has 4 rings (SSSR count). The van der Waals surface area contributed by atoms with E-state index in [1.165, 1.54) is 5.56 Å². The summed E-state index contributed by atoms with van der Waals surface area (Å²) in [6, 6.07) is 23.8.